The monoisotopic (exact) mass is 1330 g/mol. The number of carboxylic acids is 2. The van der Waals surface area contributed by atoms with E-state index < -0.39 is 66.0 Å². The molecule has 5 fully saturated rings. The number of rotatable bonds is 26. The van der Waals surface area contributed by atoms with Gasteiger partial charge >= 0.3 is 18.0 Å². The van der Waals surface area contributed by atoms with E-state index in [-0.39, 0.29) is 91.5 Å². The number of hydrogen-bond acceptors (Lipinski definition) is 18. The first kappa shape index (κ1) is 67.7. The van der Waals surface area contributed by atoms with Crippen LogP contribution in [0.1, 0.15) is 158 Å². The molecule has 23 nitrogen and oxygen atoms in total. The standard InChI is InChI=1S/C72H83N7O16S/c1-41-50(47-19-20-51(75-59(47)65(87)88)43-16-15-42-11-10-12-48(49(42)30-43)64(86)77-67-76-52-13-6-7-14-55(52)96-67)33-74-53(41)32-71-36-69(2)35-70(3,37-71)39-72(38-69,40-71)94-28-26-78(4)68(91)93-34-44-17-18-46(29-45(44)31-54-60(83)61(84)62(85)63(95-54)66(89)90)92-27-9-5-8-24-73-56(80)23-25-79-57(81)21-22-58(79)82/h6-7,10-14,17-22,29,33,43,53-54,60-63,83-85H,5,8-9,15-16,23-28,30-32,34-40H2,1-4H3,(H,73,80)(H,87,88)(H,89,90)(H,76,77,86)/t43?,53?,54-,60-,61+,62-,63-,69?,70?,71?,72?/m0/s1. The molecule has 4 bridgehead atoms. The molecule has 0 radical (unpaired) electrons. The molecule has 3 aromatic carbocycles. The van der Waals surface area contributed by atoms with E-state index in [2.05, 4.69) is 42.5 Å². The van der Waals surface area contributed by atoms with Crippen LogP contribution in [0, 0.1) is 16.2 Å². The molecule has 5 heterocycles. The molecule has 5 aromatic rings. The Morgan fingerprint density at radius 1 is 0.833 bits per heavy atom. The fraction of sp³-hybridized carbons (Fsp3) is 0.500. The molecular formula is C72H83N7O16S. The van der Waals surface area contributed by atoms with Gasteiger partial charge in [0.15, 0.2) is 16.9 Å². The third-order valence-corrected chi connectivity index (χ3v) is 21.5. The maximum Gasteiger partial charge on any atom is 0.409 e. The number of hydrogen-bond donors (Lipinski definition) is 7. The second kappa shape index (κ2) is 27.7. The first-order valence-corrected chi connectivity index (χ1v) is 34.0. The number of benzene rings is 3. The predicted octanol–water partition coefficient (Wildman–Crippen LogP) is 8.39. The summed E-state index contributed by atoms with van der Waals surface area (Å²) in [6.07, 6.45) is 5.33. The van der Waals surface area contributed by atoms with E-state index in [1.165, 1.54) is 28.4 Å². The van der Waals surface area contributed by atoms with Crippen LogP contribution >= 0.6 is 11.3 Å². The molecule has 8 aliphatic rings. The van der Waals surface area contributed by atoms with E-state index >= 15 is 0 Å². The molecule has 0 spiro atoms. The lowest BCUT2D eigenvalue weighted by molar-refractivity contribution is -0.246. The number of nitrogens with zero attached hydrogens (tertiary/aromatic N) is 5. The van der Waals surface area contributed by atoms with Crippen LogP contribution in [0.2, 0.25) is 0 Å². The van der Waals surface area contributed by atoms with E-state index in [1.54, 1.807) is 25.2 Å². The molecule has 4 unspecified atom stereocenters. The van der Waals surface area contributed by atoms with Crippen LogP contribution in [-0.2, 0) is 59.3 Å². The van der Waals surface area contributed by atoms with E-state index in [0.29, 0.717) is 77.5 Å². The van der Waals surface area contributed by atoms with Crippen LogP contribution in [0.3, 0.4) is 0 Å². The first-order chi connectivity index (χ1) is 45.9. The number of aliphatic carboxylic acids is 1. The zero-order valence-corrected chi connectivity index (χ0v) is 55.2. The largest absolute Gasteiger partial charge is 0.494 e. The SMILES string of the molecule is CC1=C(c2ccc(C3CCc4cccc(C(=O)Nc5nc6ccccc6s5)c4C3)nc2C(=O)O)C=NC1CC12CC3(C)CC(C)(C1)CC(OCCN(C)C(=O)OCc1ccc(OCCCCCNC(=O)CCN4C(=O)C=CC4=O)cc1C[C@@H]1O[C@H](C(=O)O)[C@@H](O)[C@H](O)[C@H]1O)(C3)C2. The highest BCUT2D eigenvalue weighted by Crippen LogP contribution is 2.73. The van der Waals surface area contributed by atoms with Gasteiger partial charge in [0.2, 0.25) is 5.91 Å². The van der Waals surface area contributed by atoms with Crippen LogP contribution in [-0.4, -0.2) is 175 Å². The van der Waals surface area contributed by atoms with Gasteiger partial charge in [-0.3, -0.25) is 34.4 Å². The minimum atomic E-state index is -1.88. The lowest BCUT2D eigenvalue weighted by Crippen LogP contribution is -2.64. The Hall–Kier alpha value is -8.26. The number of aryl methyl sites for hydroxylation is 1. The number of aliphatic hydroxyl groups excluding tert-OH is 3. The zero-order chi connectivity index (χ0) is 67.8. The van der Waals surface area contributed by atoms with Crippen LogP contribution in [0.25, 0.3) is 15.8 Å². The molecule has 9 atom stereocenters. The minimum Gasteiger partial charge on any atom is -0.494 e. The number of amides is 5. The number of aromatic nitrogens is 2. The number of anilines is 1. The van der Waals surface area contributed by atoms with Crippen LogP contribution in [0.4, 0.5) is 9.93 Å². The van der Waals surface area contributed by atoms with Gasteiger partial charge < -0.3 is 54.7 Å². The van der Waals surface area contributed by atoms with Gasteiger partial charge in [-0.25, -0.2) is 24.4 Å². The van der Waals surface area contributed by atoms with E-state index in [0.717, 1.165) is 88.8 Å². The summed E-state index contributed by atoms with van der Waals surface area (Å²) < 4.78 is 25.6. The predicted molar refractivity (Wildman–Crippen MR) is 355 cm³/mol. The summed E-state index contributed by atoms with van der Waals surface area (Å²) in [5.41, 5.74) is 6.75. The number of pyridine rings is 1. The highest BCUT2D eigenvalue weighted by Gasteiger charge is 2.66. The van der Waals surface area contributed by atoms with Crippen molar-refractivity contribution in [3.63, 3.8) is 0 Å². The topological polar surface area (TPSA) is 326 Å². The van der Waals surface area contributed by atoms with Gasteiger partial charge in [-0.2, -0.15) is 0 Å². The average Bonchev–Trinajstić information content (AvgIpc) is 0.744. The number of nitrogens with one attached hydrogen (secondary N) is 2. The van der Waals surface area contributed by atoms with Crippen molar-refractivity contribution in [2.45, 2.75) is 172 Å². The number of ether oxygens (including phenoxy) is 4. The summed E-state index contributed by atoms with van der Waals surface area (Å²) in [6, 6.07) is 22.2. The molecule has 1 saturated heterocycles. The number of aromatic carboxylic acids is 1. The quantitative estimate of drug-likeness (QED) is 0.0202. The fourth-order valence-electron chi connectivity index (χ4n) is 17.2. The second-order valence-corrected chi connectivity index (χ2v) is 29.3. The second-order valence-electron chi connectivity index (χ2n) is 28.3. The van der Waals surface area contributed by atoms with Crippen LogP contribution in [0.5, 0.6) is 5.75 Å². The van der Waals surface area contributed by atoms with Gasteiger partial charge in [0.05, 0.1) is 41.2 Å². The van der Waals surface area contributed by atoms with E-state index in [1.807, 2.05) is 54.7 Å². The number of imide groups is 1. The summed E-state index contributed by atoms with van der Waals surface area (Å²) in [7, 11) is 1.63. The number of unbranched alkanes of at least 4 members (excludes halogenated alkanes) is 2. The van der Waals surface area contributed by atoms with Gasteiger partial charge in [0.25, 0.3) is 17.7 Å². The number of carbonyl (C=O) groups is 7. The molecule has 5 amide bonds. The van der Waals surface area contributed by atoms with Gasteiger partial charge in [0, 0.05) is 86.2 Å². The number of allylic oxidation sites excluding steroid dienone is 1. The van der Waals surface area contributed by atoms with Gasteiger partial charge in [-0.15, -0.1) is 0 Å². The molecule has 7 N–H and O–H groups in total. The third kappa shape index (κ3) is 14.5. The number of aliphatic imine (C=N–C) groups is 1. The van der Waals surface area contributed by atoms with Crippen molar-refractivity contribution < 1.29 is 78.0 Å². The van der Waals surface area contributed by atoms with Crippen molar-refractivity contribution in [2.24, 2.45) is 21.2 Å². The Bertz CT molecular complexity index is 3910. The Labute approximate surface area is 560 Å². The Kier molecular flexibility index (Phi) is 19.5. The molecular weight excluding hydrogens is 1250 g/mol. The highest BCUT2D eigenvalue weighted by molar-refractivity contribution is 7.22. The number of fused-ring (bicyclic) bond motifs is 2. The Morgan fingerprint density at radius 3 is 2.35 bits per heavy atom. The maximum atomic E-state index is 13.8. The zero-order valence-electron chi connectivity index (χ0n) is 54.4. The molecule has 4 saturated carbocycles. The van der Waals surface area contributed by atoms with Gasteiger partial charge in [-0.05, 0) is 171 Å². The number of likely N-dealkylation sites (N-methyl/N-ethyl adjacent to an activating group) is 1. The Balaban J connectivity index is 0.658. The van der Waals surface area contributed by atoms with Crippen LogP contribution in [0.15, 0.2) is 95.5 Å². The van der Waals surface area contributed by atoms with E-state index in [9.17, 15) is 59.1 Å². The molecule has 13 rings (SSSR count). The maximum absolute atomic E-state index is 13.8. The van der Waals surface area contributed by atoms with Crippen molar-refractivity contribution in [3.8, 4) is 5.75 Å². The lowest BCUT2D eigenvalue weighted by Gasteiger charge is -2.69. The molecule has 96 heavy (non-hydrogen) atoms. The molecule has 5 aliphatic carbocycles. The summed E-state index contributed by atoms with van der Waals surface area (Å²) in [6.45, 7) is 7.71. The molecule has 508 valence electrons. The smallest absolute Gasteiger partial charge is 0.409 e. The van der Waals surface area contributed by atoms with Crippen molar-refractivity contribution >= 4 is 80.1 Å². The normalized spacial score (nSPS) is 27.9. The van der Waals surface area contributed by atoms with Gasteiger partial charge in [-0.1, -0.05) is 61.6 Å². The van der Waals surface area contributed by atoms with Crippen LogP contribution < -0.4 is 15.4 Å². The number of para-hydroxylation sites is 1. The average molecular weight is 1330 g/mol. The highest BCUT2D eigenvalue weighted by atomic mass is 32.1. The number of carbonyl (C=O) groups excluding carboxylic acids is 5. The Morgan fingerprint density at radius 2 is 1.60 bits per heavy atom. The minimum absolute atomic E-state index is 0.000111. The fourth-order valence-corrected chi connectivity index (χ4v) is 18.0. The molecule has 3 aliphatic heterocycles. The number of aliphatic hydroxyl groups is 3. The lowest BCUT2D eigenvalue weighted by atomic mass is 9.38. The number of thiazole rings is 1. The first-order valence-electron chi connectivity index (χ1n) is 33.1. The molecule has 24 heteroatoms. The van der Waals surface area contributed by atoms with Crippen molar-refractivity contribution in [3.05, 3.63) is 135 Å². The van der Waals surface area contributed by atoms with Crippen molar-refractivity contribution in [1.29, 1.82) is 0 Å². The van der Waals surface area contributed by atoms with Crippen molar-refractivity contribution in [1.82, 2.24) is 25.1 Å². The summed E-state index contributed by atoms with van der Waals surface area (Å²) in [5.74, 6) is -3.74. The summed E-state index contributed by atoms with van der Waals surface area (Å²) >= 11 is 1.42. The number of carboxylic acid groups (broad SMARTS) is 2. The van der Waals surface area contributed by atoms with Crippen molar-refractivity contribution in [2.75, 3.05) is 45.2 Å². The van der Waals surface area contributed by atoms with E-state index in [4.69, 9.17) is 28.9 Å². The molecule has 2 aromatic heterocycles. The summed E-state index contributed by atoms with van der Waals surface area (Å²) in [5, 5.41) is 58.9. The summed E-state index contributed by atoms with van der Waals surface area (Å²) in [4.78, 5) is 106. The van der Waals surface area contributed by atoms with Gasteiger partial charge in [0.1, 0.15) is 30.7 Å². The third-order valence-electron chi connectivity index (χ3n) is 20.6.